The van der Waals surface area contributed by atoms with Crippen molar-refractivity contribution in [3.05, 3.63) is 65.4 Å². The zero-order valence-corrected chi connectivity index (χ0v) is 15.7. The van der Waals surface area contributed by atoms with Crippen molar-refractivity contribution in [1.29, 1.82) is 0 Å². The largest absolute Gasteiger partial charge is 0.352 e. The maximum absolute atomic E-state index is 12.2. The molecule has 0 saturated heterocycles. The van der Waals surface area contributed by atoms with Crippen LogP contribution in [-0.2, 0) is 16.3 Å². The quantitative estimate of drug-likeness (QED) is 0.702. The highest BCUT2D eigenvalue weighted by atomic mass is 32.2. The Morgan fingerprint density at radius 2 is 2.08 bits per heavy atom. The monoisotopic (exact) mass is 387 g/mol. The Morgan fingerprint density at radius 3 is 2.81 bits per heavy atom. The molecule has 0 aliphatic heterocycles. The van der Waals surface area contributed by atoms with Gasteiger partial charge in [-0.3, -0.25) is 9.78 Å². The maximum atomic E-state index is 12.2. The summed E-state index contributed by atoms with van der Waals surface area (Å²) >= 11 is 1.53. The van der Waals surface area contributed by atoms with Gasteiger partial charge in [-0.05, 0) is 30.3 Å². The van der Waals surface area contributed by atoms with Gasteiger partial charge in [0.1, 0.15) is 5.01 Å². The van der Waals surface area contributed by atoms with E-state index < -0.39 is 9.84 Å². The molecular weight excluding hydrogens is 370 g/mol. The molecule has 8 heteroatoms. The van der Waals surface area contributed by atoms with E-state index in [1.165, 1.54) is 23.5 Å². The first-order chi connectivity index (χ1) is 12.4. The van der Waals surface area contributed by atoms with Gasteiger partial charge in [0.2, 0.25) is 0 Å². The van der Waals surface area contributed by atoms with Crippen LogP contribution in [0.3, 0.4) is 0 Å². The van der Waals surface area contributed by atoms with E-state index >= 15 is 0 Å². The predicted octanol–water partition coefficient (Wildman–Crippen LogP) is 2.58. The van der Waals surface area contributed by atoms with Gasteiger partial charge in [-0.15, -0.1) is 11.3 Å². The smallest absolute Gasteiger partial charge is 0.251 e. The van der Waals surface area contributed by atoms with Gasteiger partial charge in [0.15, 0.2) is 9.84 Å². The summed E-state index contributed by atoms with van der Waals surface area (Å²) in [6, 6.07) is 9.82. The molecule has 0 aliphatic rings. The van der Waals surface area contributed by atoms with Crippen LogP contribution in [-0.4, -0.2) is 37.1 Å². The number of rotatable bonds is 6. The summed E-state index contributed by atoms with van der Waals surface area (Å²) in [5.41, 5.74) is 2.17. The first kappa shape index (κ1) is 18.2. The molecule has 2 heterocycles. The Labute approximate surface area is 155 Å². The molecule has 26 heavy (non-hydrogen) atoms. The third-order valence-corrected chi connectivity index (χ3v) is 5.70. The second-order valence-electron chi connectivity index (χ2n) is 5.69. The number of nitrogens with one attached hydrogen (secondary N) is 1. The lowest BCUT2D eigenvalue weighted by Crippen LogP contribution is -2.25. The van der Waals surface area contributed by atoms with E-state index in [1.807, 2.05) is 17.5 Å². The topological polar surface area (TPSA) is 89.0 Å². The van der Waals surface area contributed by atoms with Crippen LogP contribution in [0.2, 0.25) is 0 Å². The molecular formula is C18H17N3O3S2. The van der Waals surface area contributed by atoms with E-state index in [1.54, 1.807) is 24.5 Å². The molecule has 0 atom stereocenters. The molecule has 2 aromatic heterocycles. The van der Waals surface area contributed by atoms with Crippen molar-refractivity contribution < 1.29 is 13.2 Å². The molecule has 0 spiro atoms. The lowest BCUT2D eigenvalue weighted by Gasteiger charge is -2.05. The third kappa shape index (κ3) is 4.53. The molecule has 0 fully saturated rings. The average Bonchev–Trinajstić information content (AvgIpc) is 3.11. The van der Waals surface area contributed by atoms with Crippen molar-refractivity contribution in [1.82, 2.24) is 15.3 Å². The fourth-order valence-corrected chi connectivity index (χ4v) is 3.83. The first-order valence-electron chi connectivity index (χ1n) is 7.86. The number of benzene rings is 1. The van der Waals surface area contributed by atoms with Crippen LogP contribution < -0.4 is 5.32 Å². The minimum absolute atomic E-state index is 0.130. The second kappa shape index (κ2) is 7.76. The summed E-state index contributed by atoms with van der Waals surface area (Å²) in [6.45, 7) is 0.415. The normalized spacial score (nSPS) is 11.3. The number of hydrogen-bond donors (Lipinski definition) is 1. The number of carbonyl (C=O) groups is 1. The van der Waals surface area contributed by atoms with Crippen molar-refractivity contribution in [2.75, 3.05) is 12.8 Å². The SMILES string of the molecule is CS(=O)(=O)c1cccc(C(=O)NCCc2csc(-c3cccnc3)n2)c1. The summed E-state index contributed by atoms with van der Waals surface area (Å²) in [5.74, 6) is -0.307. The van der Waals surface area contributed by atoms with Crippen molar-refractivity contribution in [2.45, 2.75) is 11.3 Å². The Bertz CT molecular complexity index is 1010. The summed E-state index contributed by atoms with van der Waals surface area (Å²) in [5, 5.41) is 5.64. The summed E-state index contributed by atoms with van der Waals surface area (Å²) in [7, 11) is -3.34. The van der Waals surface area contributed by atoms with Gasteiger partial charge in [0, 0.05) is 48.1 Å². The molecule has 1 amide bonds. The average molecular weight is 387 g/mol. The Balaban J connectivity index is 1.59. The number of thiazole rings is 1. The van der Waals surface area contributed by atoms with Crippen molar-refractivity contribution in [3.63, 3.8) is 0 Å². The lowest BCUT2D eigenvalue weighted by molar-refractivity contribution is 0.0954. The summed E-state index contributed by atoms with van der Waals surface area (Å²) in [6.07, 6.45) is 5.19. The fourth-order valence-electron chi connectivity index (χ4n) is 2.32. The van der Waals surface area contributed by atoms with Gasteiger partial charge >= 0.3 is 0 Å². The number of nitrogens with zero attached hydrogens (tertiary/aromatic N) is 2. The van der Waals surface area contributed by atoms with E-state index in [-0.39, 0.29) is 10.8 Å². The molecule has 0 saturated carbocycles. The molecule has 134 valence electrons. The van der Waals surface area contributed by atoms with Crippen LogP contribution >= 0.6 is 11.3 Å². The van der Waals surface area contributed by atoms with E-state index in [4.69, 9.17) is 0 Å². The minimum Gasteiger partial charge on any atom is -0.352 e. The number of carbonyl (C=O) groups excluding carboxylic acids is 1. The third-order valence-electron chi connectivity index (χ3n) is 3.65. The molecule has 0 radical (unpaired) electrons. The van der Waals surface area contributed by atoms with Gasteiger partial charge in [-0.2, -0.15) is 0 Å². The Morgan fingerprint density at radius 1 is 1.23 bits per heavy atom. The maximum Gasteiger partial charge on any atom is 0.251 e. The van der Waals surface area contributed by atoms with Gasteiger partial charge in [-0.1, -0.05) is 6.07 Å². The Hall–Kier alpha value is -2.58. The van der Waals surface area contributed by atoms with Crippen LogP contribution in [0.4, 0.5) is 0 Å². The Kier molecular flexibility index (Phi) is 5.43. The van der Waals surface area contributed by atoms with Crippen LogP contribution in [0.5, 0.6) is 0 Å². The van der Waals surface area contributed by atoms with Gasteiger partial charge < -0.3 is 5.32 Å². The highest BCUT2D eigenvalue weighted by Crippen LogP contribution is 2.22. The zero-order valence-electron chi connectivity index (χ0n) is 14.0. The minimum atomic E-state index is -3.34. The molecule has 3 rings (SSSR count). The van der Waals surface area contributed by atoms with Crippen molar-refractivity contribution in [2.24, 2.45) is 0 Å². The van der Waals surface area contributed by atoms with Crippen LogP contribution in [0.25, 0.3) is 10.6 Å². The molecule has 0 unspecified atom stereocenters. The highest BCUT2D eigenvalue weighted by Gasteiger charge is 2.12. The number of amides is 1. The summed E-state index contributed by atoms with van der Waals surface area (Å²) in [4.78, 5) is 21.0. The summed E-state index contributed by atoms with van der Waals surface area (Å²) < 4.78 is 23.2. The predicted molar refractivity (Wildman–Crippen MR) is 101 cm³/mol. The van der Waals surface area contributed by atoms with Crippen LogP contribution in [0, 0.1) is 0 Å². The standard InChI is InChI=1S/C18H17N3O3S2/c1-26(23,24)16-6-2-4-13(10-16)17(22)20-9-7-15-12-25-18(21-15)14-5-3-8-19-11-14/h2-6,8,10-12H,7,9H2,1H3,(H,20,22). The number of hydrogen-bond acceptors (Lipinski definition) is 6. The van der Waals surface area contributed by atoms with Gasteiger partial charge in [-0.25, -0.2) is 13.4 Å². The molecule has 0 aliphatic carbocycles. The second-order valence-corrected chi connectivity index (χ2v) is 8.57. The fraction of sp³-hybridized carbons (Fsp3) is 0.167. The van der Waals surface area contributed by atoms with Crippen LogP contribution in [0.15, 0.2) is 59.1 Å². The highest BCUT2D eigenvalue weighted by molar-refractivity contribution is 7.90. The van der Waals surface area contributed by atoms with Gasteiger partial charge in [0.05, 0.1) is 10.6 Å². The molecule has 0 bridgehead atoms. The molecule has 3 aromatic rings. The first-order valence-corrected chi connectivity index (χ1v) is 10.6. The number of sulfone groups is 1. The lowest BCUT2D eigenvalue weighted by atomic mass is 10.2. The van der Waals surface area contributed by atoms with E-state index in [0.29, 0.717) is 18.5 Å². The van der Waals surface area contributed by atoms with Crippen molar-refractivity contribution in [3.8, 4) is 10.6 Å². The zero-order chi connectivity index (χ0) is 18.6. The molecule has 1 N–H and O–H groups in total. The van der Waals surface area contributed by atoms with Crippen LogP contribution in [0.1, 0.15) is 16.1 Å². The molecule has 1 aromatic carbocycles. The van der Waals surface area contributed by atoms with E-state index in [2.05, 4.69) is 15.3 Å². The van der Waals surface area contributed by atoms with E-state index in [9.17, 15) is 13.2 Å². The van der Waals surface area contributed by atoms with Crippen molar-refractivity contribution >= 4 is 27.1 Å². The molecule has 6 nitrogen and oxygen atoms in total. The van der Waals surface area contributed by atoms with E-state index in [0.717, 1.165) is 22.5 Å². The number of pyridine rings is 1. The number of aromatic nitrogens is 2. The van der Waals surface area contributed by atoms with Gasteiger partial charge in [0.25, 0.3) is 5.91 Å².